The minimum Gasteiger partial charge on any atom is -0.462 e. The summed E-state index contributed by atoms with van der Waals surface area (Å²) in [5.74, 6) is 0.0707. The summed E-state index contributed by atoms with van der Waals surface area (Å²) in [6.07, 6.45) is 7.26. The number of carbonyl (C=O) groups excluding carboxylic acids is 2. The lowest BCUT2D eigenvalue weighted by Crippen LogP contribution is -2.68. The summed E-state index contributed by atoms with van der Waals surface area (Å²) < 4.78 is 17.4. The van der Waals surface area contributed by atoms with Crippen LogP contribution in [0.5, 0.6) is 0 Å². The minimum absolute atomic E-state index is 0.0139. The van der Waals surface area contributed by atoms with E-state index in [1.165, 1.54) is 39.5 Å². The number of fused-ring (bicyclic) bond motifs is 7. The van der Waals surface area contributed by atoms with Crippen LogP contribution in [-0.2, 0) is 23.8 Å². The second kappa shape index (κ2) is 7.97. The summed E-state index contributed by atoms with van der Waals surface area (Å²) in [6, 6.07) is 0. The highest BCUT2D eigenvalue weighted by Crippen LogP contribution is 2.74. The number of hydrogen-bond donors (Lipinski definition) is 1. The van der Waals surface area contributed by atoms with Gasteiger partial charge in [-0.1, -0.05) is 41.0 Å². The molecule has 0 aromatic rings. The first-order chi connectivity index (χ1) is 16.2. The van der Waals surface area contributed by atoms with Crippen LogP contribution in [0.2, 0.25) is 0 Å². The average molecular weight is 489 g/mol. The second-order valence-corrected chi connectivity index (χ2v) is 13.7. The highest BCUT2D eigenvalue weighted by atomic mass is 16.7. The molecule has 0 aromatic heterocycles. The average Bonchev–Trinajstić information content (AvgIpc) is 3.15. The molecule has 5 rings (SSSR count). The van der Waals surface area contributed by atoms with E-state index in [2.05, 4.69) is 34.6 Å². The molecule has 0 bridgehead atoms. The fourth-order valence-corrected chi connectivity index (χ4v) is 10.3. The fraction of sp³-hybridized carbons (Fsp3) is 0.862. The Hall–Kier alpha value is -1.56. The maximum absolute atomic E-state index is 12.1. The van der Waals surface area contributed by atoms with Crippen molar-refractivity contribution in [2.24, 2.45) is 45.3 Å². The van der Waals surface area contributed by atoms with Crippen LogP contribution in [0, 0.1) is 45.3 Å². The molecule has 4 fully saturated rings. The van der Waals surface area contributed by atoms with Crippen LogP contribution >= 0.6 is 0 Å². The number of aliphatic hydroxyl groups is 1. The normalized spacial score (nSPS) is 49.8. The molecule has 6 heteroatoms. The van der Waals surface area contributed by atoms with E-state index in [-0.39, 0.29) is 28.6 Å². The molecule has 0 amide bonds. The van der Waals surface area contributed by atoms with Gasteiger partial charge in [-0.3, -0.25) is 9.59 Å². The van der Waals surface area contributed by atoms with Crippen LogP contribution in [0.15, 0.2) is 11.8 Å². The van der Waals surface area contributed by atoms with Gasteiger partial charge in [-0.15, -0.1) is 0 Å². The van der Waals surface area contributed by atoms with Gasteiger partial charge in [0.1, 0.15) is 6.10 Å². The van der Waals surface area contributed by atoms with Crippen LogP contribution < -0.4 is 0 Å². The van der Waals surface area contributed by atoms with Crippen molar-refractivity contribution >= 4 is 11.9 Å². The Balaban J connectivity index is 1.59. The summed E-state index contributed by atoms with van der Waals surface area (Å²) in [5.41, 5.74) is 0.760. The molecule has 35 heavy (non-hydrogen) atoms. The molecule has 4 saturated carbocycles. The van der Waals surface area contributed by atoms with E-state index < -0.39 is 29.9 Å². The van der Waals surface area contributed by atoms with E-state index in [4.69, 9.17) is 14.2 Å². The van der Waals surface area contributed by atoms with E-state index in [9.17, 15) is 14.7 Å². The maximum atomic E-state index is 12.1. The predicted molar refractivity (Wildman–Crippen MR) is 131 cm³/mol. The first kappa shape index (κ1) is 25.1. The van der Waals surface area contributed by atoms with Crippen LogP contribution in [0.3, 0.4) is 0 Å². The van der Waals surface area contributed by atoms with Crippen molar-refractivity contribution in [2.45, 2.75) is 112 Å². The number of esters is 2. The molecule has 1 aliphatic heterocycles. The van der Waals surface area contributed by atoms with Crippen molar-refractivity contribution in [1.82, 2.24) is 0 Å². The van der Waals surface area contributed by atoms with Crippen molar-refractivity contribution < 1.29 is 28.9 Å². The molecule has 5 aliphatic rings. The third kappa shape index (κ3) is 3.44. The molecule has 4 aliphatic carbocycles. The Morgan fingerprint density at radius 1 is 0.914 bits per heavy atom. The molecular formula is C29H44O6. The third-order valence-corrected chi connectivity index (χ3v) is 11.6. The molecule has 1 N–H and O–H groups in total. The maximum Gasteiger partial charge on any atom is 0.305 e. The van der Waals surface area contributed by atoms with Crippen LogP contribution in [0.4, 0.5) is 0 Å². The van der Waals surface area contributed by atoms with Gasteiger partial charge in [0, 0.05) is 24.8 Å². The Labute approximate surface area is 210 Å². The smallest absolute Gasteiger partial charge is 0.305 e. The van der Waals surface area contributed by atoms with Gasteiger partial charge in [0.15, 0.2) is 0 Å². The Morgan fingerprint density at radius 3 is 2.23 bits per heavy atom. The minimum atomic E-state index is -0.802. The quantitative estimate of drug-likeness (QED) is 0.526. The van der Waals surface area contributed by atoms with Crippen LogP contribution in [0.1, 0.15) is 93.4 Å². The van der Waals surface area contributed by atoms with Crippen molar-refractivity contribution in [3.63, 3.8) is 0 Å². The first-order valence-electron chi connectivity index (χ1n) is 13.6. The Bertz CT molecular complexity index is 939. The van der Waals surface area contributed by atoms with Crippen LogP contribution in [0.25, 0.3) is 0 Å². The van der Waals surface area contributed by atoms with Gasteiger partial charge in [-0.2, -0.15) is 0 Å². The number of carbonyl (C=O) groups is 2. The molecule has 196 valence electrons. The van der Waals surface area contributed by atoms with Gasteiger partial charge < -0.3 is 19.3 Å². The molecule has 0 aromatic carbocycles. The van der Waals surface area contributed by atoms with Crippen molar-refractivity contribution in [1.29, 1.82) is 0 Å². The van der Waals surface area contributed by atoms with Gasteiger partial charge in [-0.05, 0) is 72.5 Å². The molecule has 0 spiro atoms. The molecule has 0 saturated heterocycles. The lowest BCUT2D eigenvalue weighted by molar-refractivity contribution is -0.262. The largest absolute Gasteiger partial charge is 0.462 e. The van der Waals surface area contributed by atoms with E-state index in [1.807, 2.05) is 0 Å². The Kier molecular flexibility index (Phi) is 5.71. The van der Waals surface area contributed by atoms with Gasteiger partial charge in [0.05, 0.1) is 18.3 Å². The number of ether oxygens (including phenoxy) is 3. The molecule has 1 unspecified atom stereocenters. The molecule has 0 radical (unpaired) electrons. The molecule has 6 nitrogen and oxygen atoms in total. The summed E-state index contributed by atoms with van der Waals surface area (Å²) >= 11 is 0. The van der Waals surface area contributed by atoms with E-state index in [0.29, 0.717) is 23.7 Å². The highest BCUT2D eigenvalue weighted by molar-refractivity contribution is 5.67. The zero-order valence-electron chi connectivity index (χ0n) is 22.6. The predicted octanol–water partition coefficient (Wildman–Crippen LogP) is 5.38. The number of rotatable bonds is 2. The zero-order valence-corrected chi connectivity index (χ0v) is 22.6. The highest BCUT2D eigenvalue weighted by Gasteiger charge is 2.71. The third-order valence-electron chi connectivity index (χ3n) is 11.6. The van der Waals surface area contributed by atoms with E-state index in [1.54, 1.807) is 6.26 Å². The van der Waals surface area contributed by atoms with Crippen molar-refractivity contribution in [3.8, 4) is 0 Å². The summed E-state index contributed by atoms with van der Waals surface area (Å²) in [5, 5.41) is 12.0. The summed E-state index contributed by atoms with van der Waals surface area (Å²) in [4.78, 5) is 24.1. The SMILES string of the molecule is CC(=O)O[C@@H]1OC=C2C1[C@@]1(C)[C@@H](O)C[C@@H]3[C@@]4(C)CCCC(C)(C)[C@@H]4CC[C@@]3(C)[C@@H]1C[C@@H]2OC(C)=O. The molecular weight excluding hydrogens is 444 g/mol. The van der Waals surface area contributed by atoms with E-state index in [0.717, 1.165) is 18.4 Å². The van der Waals surface area contributed by atoms with Gasteiger partial charge in [0.2, 0.25) is 0 Å². The number of aliphatic hydroxyl groups excluding tert-OH is 1. The lowest BCUT2D eigenvalue weighted by atomic mass is 9.34. The molecule has 10 atom stereocenters. The van der Waals surface area contributed by atoms with Gasteiger partial charge >= 0.3 is 11.9 Å². The van der Waals surface area contributed by atoms with Crippen molar-refractivity contribution in [2.75, 3.05) is 0 Å². The first-order valence-corrected chi connectivity index (χ1v) is 13.6. The lowest BCUT2D eigenvalue weighted by Gasteiger charge is -2.71. The zero-order chi connectivity index (χ0) is 25.6. The van der Waals surface area contributed by atoms with Gasteiger partial charge in [0.25, 0.3) is 6.29 Å². The molecule has 1 heterocycles. The fourth-order valence-electron chi connectivity index (χ4n) is 10.3. The van der Waals surface area contributed by atoms with Crippen molar-refractivity contribution in [3.05, 3.63) is 11.8 Å². The Morgan fingerprint density at radius 2 is 1.57 bits per heavy atom. The number of hydrogen-bond acceptors (Lipinski definition) is 6. The van der Waals surface area contributed by atoms with E-state index >= 15 is 0 Å². The second-order valence-electron chi connectivity index (χ2n) is 13.7. The van der Waals surface area contributed by atoms with Gasteiger partial charge in [-0.25, -0.2) is 0 Å². The summed E-state index contributed by atoms with van der Waals surface area (Å²) in [7, 11) is 0. The monoisotopic (exact) mass is 488 g/mol. The standard InChI is InChI=1S/C29H44O6/c1-16(30)34-19-13-22-28(6)12-9-20-26(3,4)10-8-11-27(20,5)21(28)14-23(32)29(22,7)24-18(19)15-33-25(24)35-17(2)31/h15,19-25,32H,8-14H2,1-7H3/t19-,20-,21+,22-,23-,24?,25-,27-,28+,29+/m0/s1. The van der Waals surface area contributed by atoms with Crippen LogP contribution in [-0.4, -0.2) is 35.5 Å². The summed E-state index contributed by atoms with van der Waals surface area (Å²) in [6.45, 7) is 14.8. The topological polar surface area (TPSA) is 82.1 Å².